The van der Waals surface area contributed by atoms with Gasteiger partial charge in [0.1, 0.15) is 11.3 Å². The van der Waals surface area contributed by atoms with E-state index in [2.05, 4.69) is 15.4 Å². The monoisotopic (exact) mass is 424 g/mol. The predicted octanol–water partition coefficient (Wildman–Crippen LogP) is 3.64. The van der Waals surface area contributed by atoms with Crippen molar-refractivity contribution in [1.29, 1.82) is 0 Å². The van der Waals surface area contributed by atoms with Crippen molar-refractivity contribution in [3.63, 3.8) is 0 Å². The lowest BCUT2D eigenvalue weighted by Gasteiger charge is -2.28. The maximum atomic E-state index is 14.8. The molecule has 3 heterocycles. The van der Waals surface area contributed by atoms with E-state index in [1.807, 2.05) is 0 Å². The van der Waals surface area contributed by atoms with Crippen LogP contribution in [0.1, 0.15) is 31.7 Å². The lowest BCUT2D eigenvalue weighted by atomic mass is 9.98. The van der Waals surface area contributed by atoms with Gasteiger partial charge in [-0.25, -0.2) is 27.1 Å². The third-order valence-electron chi connectivity index (χ3n) is 5.17. The summed E-state index contributed by atoms with van der Waals surface area (Å²) in [6.45, 7) is 3.79. The van der Waals surface area contributed by atoms with Crippen LogP contribution in [-0.4, -0.2) is 45.1 Å². The zero-order valence-corrected chi connectivity index (χ0v) is 16.3. The van der Waals surface area contributed by atoms with E-state index in [0.29, 0.717) is 13.0 Å². The Morgan fingerprint density at radius 2 is 1.93 bits per heavy atom. The zero-order valence-electron chi connectivity index (χ0n) is 16.3. The molecule has 1 aliphatic heterocycles. The van der Waals surface area contributed by atoms with Crippen LogP contribution in [-0.2, 0) is 4.74 Å². The fourth-order valence-corrected chi connectivity index (χ4v) is 3.52. The van der Waals surface area contributed by atoms with Gasteiger partial charge in [0.05, 0.1) is 36.2 Å². The quantitative estimate of drug-likeness (QED) is 0.494. The smallest absolute Gasteiger partial charge is 0.241 e. The number of aliphatic hydroxyl groups excluding tert-OH is 1. The molecule has 3 aromatic rings. The summed E-state index contributed by atoms with van der Waals surface area (Å²) in [5.41, 5.74) is -1.24. The van der Waals surface area contributed by atoms with Crippen molar-refractivity contribution < 1.29 is 27.4 Å². The molecule has 0 unspecified atom stereocenters. The van der Waals surface area contributed by atoms with Crippen LogP contribution < -0.4 is 5.32 Å². The topological polar surface area (TPSA) is 71.7 Å². The van der Waals surface area contributed by atoms with Gasteiger partial charge in [0, 0.05) is 12.7 Å². The summed E-state index contributed by atoms with van der Waals surface area (Å²) in [5.74, 6) is -4.85. The molecule has 2 aromatic heterocycles. The van der Waals surface area contributed by atoms with Crippen molar-refractivity contribution in [2.45, 2.75) is 38.3 Å². The number of ether oxygens (including phenoxy) is 1. The molecule has 0 bridgehead atoms. The minimum absolute atomic E-state index is 0.0189. The SMILES string of the molecule is CC(C)c1cc(F)c(-c2cc(F)c3cnc(N[C@@H]4CCOC[C@H]4O)nn23)c(F)c1F. The Morgan fingerprint density at radius 1 is 1.17 bits per heavy atom. The first kappa shape index (κ1) is 20.5. The zero-order chi connectivity index (χ0) is 21.6. The molecule has 0 radical (unpaired) electrons. The highest BCUT2D eigenvalue weighted by Gasteiger charge is 2.27. The molecule has 2 N–H and O–H groups in total. The number of hydrogen-bond donors (Lipinski definition) is 2. The van der Waals surface area contributed by atoms with Crippen LogP contribution in [0.4, 0.5) is 23.5 Å². The summed E-state index contributed by atoms with van der Waals surface area (Å²) >= 11 is 0. The normalized spacial score (nSPS) is 19.6. The number of aromatic nitrogens is 3. The van der Waals surface area contributed by atoms with Gasteiger partial charge in [0.15, 0.2) is 17.5 Å². The van der Waals surface area contributed by atoms with Crippen molar-refractivity contribution in [3.05, 3.63) is 47.2 Å². The van der Waals surface area contributed by atoms with E-state index < -0.39 is 46.9 Å². The molecule has 160 valence electrons. The number of nitrogens with zero attached hydrogens (tertiary/aromatic N) is 3. The highest BCUT2D eigenvalue weighted by molar-refractivity contribution is 5.69. The van der Waals surface area contributed by atoms with Crippen molar-refractivity contribution in [2.24, 2.45) is 0 Å². The lowest BCUT2D eigenvalue weighted by molar-refractivity contribution is -0.0136. The molecular weight excluding hydrogens is 404 g/mol. The van der Waals surface area contributed by atoms with Crippen LogP contribution in [0.15, 0.2) is 18.3 Å². The number of aliphatic hydroxyl groups is 1. The van der Waals surface area contributed by atoms with E-state index in [1.54, 1.807) is 13.8 Å². The molecule has 10 heteroatoms. The molecule has 1 aliphatic rings. The molecule has 1 saturated heterocycles. The van der Waals surface area contributed by atoms with Crippen molar-refractivity contribution in [3.8, 4) is 11.3 Å². The highest BCUT2D eigenvalue weighted by Crippen LogP contribution is 2.34. The molecule has 30 heavy (non-hydrogen) atoms. The second-order valence-electron chi connectivity index (χ2n) is 7.54. The average Bonchev–Trinajstić information content (AvgIpc) is 3.02. The van der Waals surface area contributed by atoms with Gasteiger partial charge >= 0.3 is 0 Å². The van der Waals surface area contributed by atoms with Gasteiger partial charge in [-0.15, -0.1) is 5.10 Å². The van der Waals surface area contributed by atoms with Gasteiger partial charge in [-0.05, 0) is 24.0 Å². The van der Waals surface area contributed by atoms with Gasteiger partial charge < -0.3 is 15.2 Å². The Bertz CT molecular complexity index is 1100. The van der Waals surface area contributed by atoms with Crippen LogP contribution >= 0.6 is 0 Å². The van der Waals surface area contributed by atoms with E-state index in [4.69, 9.17) is 4.74 Å². The number of halogens is 4. The van der Waals surface area contributed by atoms with Crippen molar-refractivity contribution in [1.82, 2.24) is 14.6 Å². The van der Waals surface area contributed by atoms with Crippen LogP contribution in [0.3, 0.4) is 0 Å². The largest absolute Gasteiger partial charge is 0.389 e. The number of benzene rings is 1. The van der Waals surface area contributed by atoms with Crippen LogP contribution in [0.5, 0.6) is 0 Å². The summed E-state index contributed by atoms with van der Waals surface area (Å²) in [6, 6.07) is 1.39. The Kier molecular flexibility index (Phi) is 5.37. The van der Waals surface area contributed by atoms with Gasteiger partial charge in [0.25, 0.3) is 0 Å². The first-order valence-electron chi connectivity index (χ1n) is 9.52. The van der Waals surface area contributed by atoms with Crippen molar-refractivity contribution in [2.75, 3.05) is 18.5 Å². The van der Waals surface area contributed by atoms with E-state index in [0.717, 1.165) is 22.8 Å². The number of nitrogens with one attached hydrogen (secondary N) is 1. The average molecular weight is 424 g/mol. The molecule has 1 aromatic carbocycles. The van der Waals surface area contributed by atoms with Gasteiger partial charge in [-0.2, -0.15) is 0 Å². The summed E-state index contributed by atoms with van der Waals surface area (Å²) in [6.07, 6.45) is 0.834. The van der Waals surface area contributed by atoms with Crippen LogP contribution in [0.25, 0.3) is 16.8 Å². The summed E-state index contributed by atoms with van der Waals surface area (Å²) < 4.78 is 64.5. The van der Waals surface area contributed by atoms with E-state index in [1.165, 1.54) is 0 Å². The van der Waals surface area contributed by atoms with Crippen LogP contribution in [0.2, 0.25) is 0 Å². The third kappa shape index (κ3) is 3.50. The molecule has 0 aliphatic carbocycles. The summed E-state index contributed by atoms with van der Waals surface area (Å²) in [5, 5.41) is 17.0. The molecule has 0 spiro atoms. The minimum Gasteiger partial charge on any atom is -0.389 e. The molecule has 4 rings (SSSR count). The predicted molar refractivity (Wildman–Crippen MR) is 101 cm³/mol. The lowest BCUT2D eigenvalue weighted by Crippen LogP contribution is -2.42. The first-order valence-corrected chi connectivity index (χ1v) is 9.52. The van der Waals surface area contributed by atoms with E-state index in [9.17, 15) is 22.7 Å². The fourth-order valence-electron chi connectivity index (χ4n) is 3.52. The molecule has 0 amide bonds. The minimum atomic E-state index is -1.41. The molecule has 0 saturated carbocycles. The van der Waals surface area contributed by atoms with Gasteiger partial charge in [0.2, 0.25) is 5.95 Å². The van der Waals surface area contributed by atoms with Gasteiger partial charge in [-0.3, -0.25) is 0 Å². The summed E-state index contributed by atoms with van der Waals surface area (Å²) in [7, 11) is 0. The number of rotatable bonds is 4. The van der Waals surface area contributed by atoms with E-state index in [-0.39, 0.29) is 29.3 Å². The molecular formula is C20H20F4N4O2. The highest BCUT2D eigenvalue weighted by atomic mass is 19.2. The second-order valence-corrected chi connectivity index (χ2v) is 7.54. The number of hydrogen-bond acceptors (Lipinski definition) is 5. The maximum Gasteiger partial charge on any atom is 0.241 e. The number of anilines is 1. The Labute approximate surface area is 169 Å². The van der Waals surface area contributed by atoms with Crippen LogP contribution in [0, 0.1) is 23.3 Å². The maximum absolute atomic E-state index is 14.8. The Hall–Kier alpha value is -2.72. The van der Waals surface area contributed by atoms with E-state index >= 15 is 0 Å². The first-order chi connectivity index (χ1) is 14.3. The molecule has 2 atom stereocenters. The Balaban J connectivity index is 1.81. The van der Waals surface area contributed by atoms with Crippen molar-refractivity contribution >= 4 is 11.5 Å². The molecule has 6 nitrogen and oxygen atoms in total. The Morgan fingerprint density at radius 3 is 2.63 bits per heavy atom. The van der Waals surface area contributed by atoms with Gasteiger partial charge in [-0.1, -0.05) is 13.8 Å². The second kappa shape index (κ2) is 7.84. The standard InChI is InChI=1S/C20H20F4N4O2/c1-9(2)10-5-12(22)17(19(24)18(10)23)14-6-11(21)15-7-25-20(27-28(14)15)26-13-3-4-30-8-16(13)29/h5-7,9,13,16,29H,3-4,8H2,1-2H3,(H,26,27)/t13-,16-/m1/s1. The molecule has 1 fully saturated rings. The number of fused-ring (bicyclic) bond motifs is 1. The summed E-state index contributed by atoms with van der Waals surface area (Å²) in [4.78, 5) is 4.01. The fraction of sp³-hybridized carbons (Fsp3) is 0.400. The third-order valence-corrected chi connectivity index (χ3v) is 5.17.